The second-order valence-corrected chi connectivity index (χ2v) is 4.82. The Kier molecular flexibility index (Phi) is 6.67. The van der Waals surface area contributed by atoms with E-state index in [0.717, 1.165) is 0 Å². The van der Waals surface area contributed by atoms with Crippen molar-refractivity contribution in [1.82, 2.24) is 15.5 Å². The normalized spacial score (nSPS) is 20.1. The van der Waals surface area contributed by atoms with E-state index in [2.05, 4.69) is 10.6 Å². The van der Waals surface area contributed by atoms with Gasteiger partial charge in [0.2, 0.25) is 5.91 Å². The third-order valence-electron chi connectivity index (χ3n) is 3.07. The van der Waals surface area contributed by atoms with Crippen LogP contribution in [0.15, 0.2) is 12.2 Å². The maximum Gasteiger partial charge on any atom is 0.318 e. The number of nitrogens with one attached hydrogen (secondary N) is 2. The summed E-state index contributed by atoms with van der Waals surface area (Å²) < 4.78 is 4.80. The van der Waals surface area contributed by atoms with Crippen LogP contribution in [0.25, 0.3) is 0 Å². The molecule has 0 aromatic rings. The van der Waals surface area contributed by atoms with Gasteiger partial charge in [0.25, 0.3) is 0 Å². The van der Waals surface area contributed by atoms with E-state index in [4.69, 9.17) is 9.84 Å². The van der Waals surface area contributed by atoms with Crippen LogP contribution in [0.1, 0.15) is 6.42 Å². The number of hydrogen-bond donors (Lipinski definition) is 3. The summed E-state index contributed by atoms with van der Waals surface area (Å²) in [4.78, 5) is 35.4. The first-order valence-electron chi connectivity index (χ1n) is 6.62. The topological polar surface area (TPSA) is 108 Å². The van der Waals surface area contributed by atoms with Gasteiger partial charge in [-0.2, -0.15) is 0 Å². The fraction of sp³-hybridized carbons (Fsp3) is 0.615. The molecule has 0 saturated heterocycles. The van der Waals surface area contributed by atoms with Crippen LogP contribution in [0.2, 0.25) is 0 Å². The van der Waals surface area contributed by atoms with E-state index in [-0.39, 0.29) is 18.5 Å². The summed E-state index contributed by atoms with van der Waals surface area (Å²) in [5, 5.41) is 14.1. The molecule has 21 heavy (non-hydrogen) atoms. The number of rotatable bonds is 7. The standard InChI is InChI=1S/C13H21N3O5/c1-16(8-11(17)14-5-6-21-2)13(20)15-10-4-3-9(7-10)12(18)19/h3-4,9-10H,5-8H2,1-2H3,(H,14,17)(H,15,20)(H,18,19). The number of carbonyl (C=O) groups excluding carboxylic acids is 2. The first kappa shape index (κ1) is 17.0. The lowest BCUT2D eigenvalue weighted by Gasteiger charge is -2.20. The smallest absolute Gasteiger partial charge is 0.318 e. The van der Waals surface area contributed by atoms with E-state index < -0.39 is 17.9 Å². The van der Waals surface area contributed by atoms with E-state index in [9.17, 15) is 14.4 Å². The van der Waals surface area contributed by atoms with Crippen LogP contribution in [-0.2, 0) is 14.3 Å². The molecular weight excluding hydrogens is 278 g/mol. The molecule has 0 saturated carbocycles. The number of carbonyl (C=O) groups is 3. The Bertz CT molecular complexity index is 424. The first-order valence-corrected chi connectivity index (χ1v) is 6.62. The number of aliphatic carboxylic acids is 1. The molecule has 0 heterocycles. The maximum absolute atomic E-state index is 11.9. The van der Waals surface area contributed by atoms with E-state index in [0.29, 0.717) is 19.6 Å². The fourth-order valence-electron chi connectivity index (χ4n) is 1.89. The van der Waals surface area contributed by atoms with Crippen molar-refractivity contribution in [2.24, 2.45) is 5.92 Å². The van der Waals surface area contributed by atoms with Crippen LogP contribution in [0.3, 0.4) is 0 Å². The van der Waals surface area contributed by atoms with Crippen molar-refractivity contribution in [3.05, 3.63) is 12.2 Å². The van der Waals surface area contributed by atoms with Gasteiger partial charge in [-0.1, -0.05) is 12.2 Å². The molecule has 0 radical (unpaired) electrons. The van der Waals surface area contributed by atoms with Crippen LogP contribution < -0.4 is 10.6 Å². The number of amides is 3. The molecule has 0 aromatic carbocycles. The van der Waals surface area contributed by atoms with Crippen molar-refractivity contribution in [3.8, 4) is 0 Å². The third kappa shape index (κ3) is 5.82. The molecule has 8 nitrogen and oxygen atoms in total. The van der Waals surface area contributed by atoms with Gasteiger partial charge in [0.1, 0.15) is 6.54 Å². The number of nitrogens with zero attached hydrogens (tertiary/aromatic N) is 1. The fourth-order valence-corrected chi connectivity index (χ4v) is 1.89. The van der Waals surface area contributed by atoms with Crippen molar-refractivity contribution < 1.29 is 24.2 Å². The number of likely N-dealkylation sites (N-methyl/N-ethyl adjacent to an activating group) is 1. The van der Waals surface area contributed by atoms with Crippen molar-refractivity contribution in [2.45, 2.75) is 12.5 Å². The number of ether oxygens (including phenoxy) is 1. The van der Waals surface area contributed by atoms with Gasteiger partial charge in [0, 0.05) is 20.7 Å². The molecule has 2 unspecified atom stereocenters. The zero-order chi connectivity index (χ0) is 15.8. The highest BCUT2D eigenvalue weighted by Crippen LogP contribution is 2.17. The Morgan fingerprint density at radius 3 is 2.67 bits per heavy atom. The Balaban J connectivity index is 2.30. The second-order valence-electron chi connectivity index (χ2n) is 4.82. The molecule has 1 aliphatic rings. The predicted molar refractivity (Wildman–Crippen MR) is 74.7 cm³/mol. The molecule has 0 spiro atoms. The molecule has 2 atom stereocenters. The summed E-state index contributed by atoms with van der Waals surface area (Å²) in [5.74, 6) is -1.76. The van der Waals surface area contributed by atoms with Crippen LogP contribution in [0.4, 0.5) is 4.79 Å². The van der Waals surface area contributed by atoms with Crippen LogP contribution in [0.5, 0.6) is 0 Å². The lowest BCUT2D eigenvalue weighted by atomic mass is 10.1. The summed E-state index contributed by atoms with van der Waals surface area (Å²) in [6.45, 7) is 0.718. The number of carboxylic acids is 1. The predicted octanol–water partition coefficient (Wildman–Crippen LogP) is -0.580. The number of hydrogen-bond acceptors (Lipinski definition) is 4. The van der Waals surface area contributed by atoms with E-state index in [1.807, 2.05) is 0 Å². The zero-order valence-corrected chi connectivity index (χ0v) is 12.2. The molecule has 3 N–H and O–H groups in total. The summed E-state index contributed by atoms with van der Waals surface area (Å²) in [6.07, 6.45) is 3.54. The monoisotopic (exact) mass is 299 g/mol. The van der Waals surface area contributed by atoms with Crippen LogP contribution >= 0.6 is 0 Å². The molecule has 3 amide bonds. The lowest BCUT2D eigenvalue weighted by Crippen LogP contribution is -2.46. The minimum Gasteiger partial charge on any atom is -0.481 e. The Morgan fingerprint density at radius 2 is 2.10 bits per heavy atom. The van der Waals surface area contributed by atoms with Gasteiger partial charge >= 0.3 is 12.0 Å². The van der Waals surface area contributed by atoms with Crippen molar-refractivity contribution >= 4 is 17.9 Å². The van der Waals surface area contributed by atoms with E-state index in [1.54, 1.807) is 12.2 Å². The molecule has 8 heteroatoms. The van der Waals surface area contributed by atoms with Gasteiger partial charge in [0.15, 0.2) is 0 Å². The van der Waals surface area contributed by atoms with Gasteiger partial charge in [-0.05, 0) is 6.42 Å². The van der Waals surface area contributed by atoms with Crippen LogP contribution in [-0.4, -0.2) is 67.8 Å². The highest BCUT2D eigenvalue weighted by molar-refractivity contribution is 5.84. The van der Waals surface area contributed by atoms with E-state index in [1.165, 1.54) is 19.1 Å². The van der Waals surface area contributed by atoms with Crippen molar-refractivity contribution in [3.63, 3.8) is 0 Å². The minimum absolute atomic E-state index is 0.0751. The Hall–Kier alpha value is -2.09. The lowest BCUT2D eigenvalue weighted by molar-refractivity contribution is -0.140. The Labute approximate surface area is 123 Å². The quantitative estimate of drug-likeness (QED) is 0.430. The summed E-state index contributed by atoms with van der Waals surface area (Å²) in [5.41, 5.74) is 0. The van der Waals surface area contributed by atoms with Gasteiger partial charge in [-0.25, -0.2) is 4.79 Å². The van der Waals surface area contributed by atoms with Crippen molar-refractivity contribution in [2.75, 3.05) is 33.9 Å². The molecule has 0 fully saturated rings. The number of methoxy groups -OCH3 is 1. The average Bonchev–Trinajstić information content (AvgIpc) is 2.87. The van der Waals surface area contributed by atoms with Gasteiger partial charge in [-0.15, -0.1) is 0 Å². The molecule has 0 aliphatic heterocycles. The highest BCUT2D eigenvalue weighted by Gasteiger charge is 2.26. The van der Waals surface area contributed by atoms with Gasteiger partial charge in [0.05, 0.1) is 18.6 Å². The average molecular weight is 299 g/mol. The number of urea groups is 1. The molecule has 1 aliphatic carbocycles. The SMILES string of the molecule is COCCNC(=O)CN(C)C(=O)NC1C=CC(C(=O)O)C1. The second kappa shape index (κ2) is 8.25. The molecular formula is C13H21N3O5. The number of carboxylic acid groups (broad SMARTS) is 1. The maximum atomic E-state index is 11.9. The zero-order valence-electron chi connectivity index (χ0n) is 12.2. The largest absolute Gasteiger partial charge is 0.481 e. The first-order chi connectivity index (χ1) is 9.93. The summed E-state index contributed by atoms with van der Waals surface area (Å²) in [6, 6.07) is -0.741. The third-order valence-corrected chi connectivity index (χ3v) is 3.07. The molecule has 1 rings (SSSR count). The minimum atomic E-state index is -0.908. The van der Waals surface area contributed by atoms with Crippen LogP contribution in [0, 0.1) is 5.92 Å². The summed E-state index contributed by atoms with van der Waals surface area (Å²) >= 11 is 0. The highest BCUT2D eigenvalue weighted by atomic mass is 16.5. The Morgan fingerprint density at radius 1 is 1.38 bits per heavy atom. The molecule has 0 aromatic heterocycles. The molecule has 0 bridgehead atoms. The molecule has 118 valence electrons. The van der Waals surface area contributed by atoms with Gasteiger partial charge < -0.3 is 25.4 Å². The van der Waals surface area contributed by atoms with Gasteiger partial charge in [-0.3, -0.25) is 9.59 Å². The summed E-state index contributed by atoms with van der Waals surface area (Å²) in [7, 11) is 3.03. The van der Waals surface area contributed by atoms with Crippen molar-refractivity contribution in [1.29, 1.82) is 0 Å². The van der Waals surface area contributed by atoms with E-state index >= 15 is 0 Å².